The number of amides is 1. The van der Waals surface area contributed by atoms with E-state index in [2.05, 4.69) is 15.3 Å². The first kappa shape index (κ1) is 12.9. The minimum atomic E-state index is -0.441. The predicted octanol–water partition coefficient (Wildman–Crippen LogP) is 0.627. The lowest BCUT2D eigenvalue weighted by Gasteiger charge is -2.20. The first-order chi connectivity index (χ1) is 8.10. The number of likely N-dealkylation sites (N-methyl/N-ethyl adjacent to an activating group) is 1. The van der Waals surface area contributed by atoms with E-state index in [1.807, 2.05) is 13.0 Å². The van der Waals surface area contributed by atoms with Crippen molar-refractivity contribution in [2.75, 3.05) is 18.9 Å². The van der Waals surface area contributed by atoms with Crippen molar-refractivity contribution in [3.05, 3.63) is 18.1 Å². The number of nitriles is 1. The summed E-state index contributed by atoms with van der Waals surface area (Å²) in [5.74, 6) is 0.280. The normalized spacial score (nSPS) is 11.4. The van der Waals surface area contributed by atoms with Gasteiger partial charge >= 0.3 is 0 Å². The minimum Gasteiger partial charge on any atom is -0.356 e. The van der Waals surface area contributed by atoms with Crippen LogP contribution in [-0.4, -0.2) is 40.4 Å². The molecule has 0 saturated carbocycles. The van der Waals surface area contributed by atoms with Crippen LogP contribution in [0.3, 0.4) is 0 Å². The number of hydrogen-bond acceptors (Lipinski definition) is 5. The molecule has 0 spiro atoms. The molecule has 6 heteroatoms. The van der Waals surface area contributed by atoms with E-state index >= 15 is 0 Å². The standard InChI is InChI=1S/C11H15N5O/c1-4-16(3)11(17)8(2)15-10-9(7-12)13-5-6-14-10/h5-6,8H,4H2,1-3H3,(H,14,15). The Morgan fingerprint density at radius 2 is 2.24 bits per heavy atom. The van der Waals surface area contributed by atoms with Gasteiger partial charge in [0.2, 0.25) is 5.91 Å². The maximum Gasteiger partial charge on any atom is 0.244 e. The molecule has 6 nitrogen and oxygen atoms in total. The van der Waals surface area contributed by atoms with Crippen LogP contribution in [0.15, 0.2) is 12.4 Å². The number of nitrogens with one attached hydrogen (secondary N) is 1. The lowest BCUT2D eigenvalue weighted by molar-refractivity contribution is -0.130. The maximum atomic E-state index is 11.8. The van der Waals surface area contributed by atoms with Gasteiger partial charge in [0.05, 0.1) is 0 Å². The summed E-state index contributed by atoms with van der Waals surface area (Å²) in [4.78, 5) is 21.3. The quantitative estimate of drug-likeness (QED) is 0.824. The smallest absolute Gasteiger partial charge is 0.244 e. The average molecular weight is 233 g/mol. The van der Waals surface area contributed by atoms with Crippen molar-refractivity contribution in [1.29, 1.82) is 5.26 Å². The molecule has 0 radical (unpaired) electrons. The summed E-state index contributed by atoms with van der Waals surface area (Å²) >= 11 is 0. The van der Waals surface area contributed by atoms with Crippen LogP contribution in [-0.2, 0) is 4.79 Å². The van der Waals surface area contributed by atoms with Crippen molar-refractivity contribution in [3.8, 4) is 6.07 Å². The SMILES string of the molecule is CCN(C)C(=O)C(C)Nc1nccnc1C#N. The van der Waals surface area contributed by atoms with Gasteiger partial charge in [0, 0.05) is 26.0 Å². The van der Waals surface area contributed by atoms with Crippen molar-refractivity contribution in [3.63, 3.8) is 0 Å². The number of rotatable bonds is 4. The summed E-state index contributed by atoms with van der Waals surface area (Å²) < 4.78 is 0. The molecular weight excluding hydrogens is 218 g/mol. The molecule has 0 aromatic carbocycles. The molecule has 1 unspecified atom stereocenters. The molecule has 0 saturated heterocycles. The van der Waals surface area contributed by atoms with Crippen LogP contribution in [0, 0.1) is 11.3 Å². The molecule has 1 N–H and O–H groups in total. The van der Waals surface area contributed by atoms with Gasteiger partial charge in [-0.15, -0.1) is 0 Å². The second-order valence-electron chi connectivity index (χ2n) is 3.58. The summed E-state index contributed by atoms with van der Waals surface area (Å²) in [6.45, 7) is 4.26. The highest BCUT2D eigenvalue weighted by molar-refractivity contribution is 5.84. The van der Waals surface area contributed by atoms with E-state index in [0.29, 0.717) is 12.4 Å². The Morgan fingerprint density at radius 1 is 1.59 bits per heavy atom. The highest BCUT2D eigenvalue weighted by Gasteiger charge is 2.17. The van der Waals surface area contributed by atoms with Crippen molar-refractivity contribution in [2.24, 2.45) is 0 Å². The van der Waals surface area contributed by atoms with Gasteiger partial charge in [-0.2, -0.15) is 5.26 Å². The molecule has 1 amide bonds. The molecule has 1 atom stereocenters. The second kappa shape index (κ2) is 5.80. The van der Waals surface area contributed by atoms with Crippen molar-refractivity contribution in [2.45, 2.75) is 19.9 Å². The first-order valence-electron chi connectivity index (χ1n) is 5.32. The molecule has 0 aliphatic heterocycles. The largest absolute Gasteiger partial charge is 0.356 e. The lowest BCUT2D eigenvalue weighted by Crippen LogP contribution is -2.39. The van der Waals surface area contributed by atoms with E-state index in [1.165, 1.54) is 12.4 Å². The van der Waals surface area contributed by atoms with Crippen LogP contribution in [0.5, 0.6) is 0 Å². The fourth-order valence-electron chi connectivity index (χ4n) is 1.28. The number of anilines is 1. The number of hydrogen-bond donors (Lipinski definition) is 1. The molecule has 90 valence electrons. The molecule has 17 heavy (non-hydrogen) atoms. The van der Waals surface area contributed by atoms with Gasteiger partial charge in [-0.25, -0.2) is 9.97 Å². The zero-order chi connectivity index (χ0) is 12.8. The predicted molar refractivity (Wildman–Crippen MR) is 63.1 cm³/mol. The topological polar surface area (TPSA) is 81.9 Å². The van der Waals surface area contributed by atoms with E-state index in [1.54, 1.807) is 18.9 Å². The van der Waals surface area contributed by atoms with Crippen molar-refractivity contribution in [1.82, 2.24) is 14.9 Å². The van der Waals surface area contributed by atoms with Gasteiger partial charge in [0.25, 0.3) is 0 Å². The molecule has 0 aliphatic rings. The van der Waals surface area contributed by atoms with Gasteiger partial charge in [-0.3, -0.25) is 4.79 Å². The second-order valence-corrected chi connectivity index (χ2v) is 3.58. The van der Waals surface area contributed by atoms with E-state index in [4.69, 9.17) is 5.26 Å². The van der Waals surface area contributed by atoms with Crippen LogP contribution in [0.2, 0.25) is 0 Å². The Kier molecular flexibility index (Phi) is 4.40. The monoisotopic (exact) mass is 233 g/mol. The van der Waals surface area contributed by atoms with Crippen LogP contribution >= 0.6 is 0 Å². The van der Waals surface area contributed by atoms with E-state index < -0.39 is 6.04 Å². The first-order valence-corrected chi connectivity index (χ1v) is 5.32. The molecule has 1 aromatic heterocycles. The average Bonchev–Trinajstić information content (AvgIpc) is 2.37. The Bertz CT molecular complexity index is 440. The summed E-state index contributed by atoms with van der Waals surface area (Å²) in [7, 11) is 1.72. The Hall–Kier alpha value is -2.16. The van der Waals surface area contributed by atoms with Crippen LogP contribution < -0.4 is 5.32 Å². The van der Waals surface area contributed by atoms with Crippen molar-refractivity contribution < 1.29 is 4.79 Å². The third kappa shape index (κ3) is 3.14. The highest BCUT2D eigenvalue weighted by atomic mass is 16.2. The Labute approximate surface area is 100 Å². The molecule has 1 aromatic rings. The van der Waals surface area contributed by atoms with E-state index in [9.17, 15) is 4.79 Å². The lowest BCUT2D eigenvalue weighted by atomic mass is 10.3. The summed E-state index contributed by atoms with van der Waals surface area (Å²) in [5.41, 5.74) is 0.186. The fraction of sp³-hybridized carbons (Fsp3) is 0.455. The van der Waals surface area contributed by atoms with Gasteiger partial charge in [0.15, 0.2) is 11.5 Å². The van der Waals surface area contributed by atoms with E-state index in [0.717, 1.165) is 0 Å². The summed E-state index contributed by atoms with van der Waals surface area (Å²) in [5, 5.41) is 11.7. The molecule has 1 heterocycles. The number of carbonyl (C=O) groups excluding carboxylic acids is 1. The maximum absolute atomic E-state index is 11.8. The Morgan fingerprint density at radius 3 is 2.82 bits per heavy atom. The molecule has 0 aliphatic carbocycles. The number of carbonyl (C=O) groups is 1. The van der Waals surface area contributed by atoms with Gasteiger partial charge in [-0.05, 0) is 13.8 Å². The van der Waals surface area contributed by atoms with E-state index in [-0.39, 0.29) is 11.6 Å². The number of aromatic nitrogens is 2. The highest BCUT2D eigenvalue weighted by Crippen LogP contribution is 2.09. The molecule has 0 bridgehead atoms. The molecular formula is C11H15N5O. The zero-order valence-corrected chi connectivity index (χ0v) is 10.1. The molecule has 1 rings (SSSR count). The molecule has 0 fully saturated rings. The van der Waals surface area contributed by atoms with Gasteiger partial charge in [0.1, 0.15) is 12.1 Å². The van der Waals surface area contributed by atoms with Crippen molar-refractivity contribution >= 4 is 11.7 Å². The van der Waals surface area contributed by atoms with Crippen LogP contribution in [0.1, 0.15) is 19.5 Å². The van der Waals surface area contributed by atoms with Gasteiger partial charge < -0.3 is 10.2 Å². The Balaban J connectivity index is 2.78. The van der Waals surface area contributed by atoms with Gasteiger partial charge in [-0.1, -0.05) is 0 Å². The van der Waals surface area contributed by atoms with Crippen LogP contribution in [0.25, 0.3) is 0 Å². The number of nitrogens with zero attached hydrogens (tertiary/aromatic N) is 4. The fourth-order valence-corrected chi connectivity index (χ4v) is 1.28. The minimum absolute atomic E-state index is 0.0537. The zero-order valence-electron chi connectivity index (χ0n) is 10.1. The third-order valence-electron chi connectivity index (χ3n) is 2.38. The summed E-state index contributed by atoms with van der Waals surface area (Å²) in [6, 6.07) is 1.48. The summed E-state index contributed by atoms with van der Waals surface area (Å²) in [6.07, 6.45) is 2.91. The third-order valence-corrected chi connectivity index (χ3v) is 2.38. The van der Waals surface area contributed by atoms with Crippen LogP contribution in [0.4, 0.5) is 5.82 Å².